The highest BCUT2D eigenvalue weighted by Gasteiger charge is 2.33. The van der Waals surface area contributed by atoms with E-state index in [0.29, 0.717) is 0 Å². The van der Waals surface area contributed by atoms with Crippen LogP contribution in [-0.2, 0) is 8.85 Å². The monoisotopic (exact) mass is 344 g/mol. The second-order valence-electron chi connectivity index (χ2n) is 6.85. The van der Waals surface area contributed by atoms with Gasteiger partial charge in [0.2, 0.25) is 0 Å². The molecule has 140 valence electrons. The molecule has 0 radical (unpaired) electrons. The molecule has 2 nitrogen and oxygen atoms in total. The molecule has 0 heterocycles. The first kappa shape index (κ1) is 23.1. The van der Waals surface area contributed by atoms with Crippen molar-refractivity contribution >= 4 is 8.56 Å². The molecule has 0 saturated heterocycles. The molecule has 0 aromatic heterocycles. The van der Waals surface area contributed by atoms with Crippen molar-refractivity contribution in [3.8, 4) is 0 Å². The van der Waals surface area contributed by atoms with Gasteiger partial charge in [-0.3, -0.25) is 0 Å². The zero-order valence-corrected chi connectivity index (χ0v) is 17.6. The summed E-state index contributed by atoms with van der Waals surface area (Å²) in [6.07, 6.45) is 16.0. The molecule has 0 aromatic carbocycles. The van der Waals surface area contributed by atoms with Gasteiger partial charge in [0.25, 0.3) is 0 Å². The minimum absolute atomic E-state index is 0.908. The summed E-state index contributed by atoms with van der Waals surface area (Å²) in [5.74, 6) is 0. The molecule has 23 heavy (non-hydrogen) atoms. The standard InChI is InChI=1S/C20H44O2Si/c1-5-9-11-13-14-15-16-18-20-22-23(7-3,8-4)21-19-17-12-10-6-2/h5-20H2,1-4H3. The molecule has 0 saturated carbocycles. The van der Waals surface area contributed by atoms with Gasteiger partial charge in [-0.25, -0.2) is 0 Å². The van der Waals surface area contributed by atoms with Crippen LogP contribution in [0.15, 0.2) is 0 Å². The molecule has 0 amide bonds. The van der Waals surface area contributed by atoms with E-state index < -0.39 is 8.56 Å². The summed E-state index contributed by atoms with van der Waals surface area (Å²) in [5.41, 5.74) is 0. The lowest BCUT2D eigenvalue weighted by atomic mass is 10.1. The maximum atomic E-state index is 6.30. The fourth-order valence-electron chi connectivity index (χ4n) is 2.98. The highest BCUT2D eigenvalue weighted by atomic mass is 28.4. The predicted molar refractivity (Wildman–Crippen MR) is 105 cm³/mol. The topological polar surface area (TPSA) is 18.5 Å². The Bertz CT molecular complexity index is 230. The minimum atomic E-state index is -1.89. The van der Waals surface area contributed by atoms with Crippen LogP contribution in [-0.4, -0.2) is 21.8 Å². The van der Waals surface area contributed by atoms with E-state index in [9.17, 15) is 0 Å². The van der Waals surface area contributed by atoms with Gasteiger partial charge in [-0.2, -0.15) is 0 Å². The van der Waals surface area contributed by atoms with Gasteiger partial charge < -0.3 is 8.85 Å². The Hall–Kier alpha value is 0.137. The van der Waals surface area contributed by atoms with Crippen LogP contribution in [0.1, 0.15) is 105 Å². The summed E-state index contributed by atoms with van der Waals surface area (Å²) in [5, 5.41) is 0. The predicted octanol–water partition coefficient (Wildman–Crippen LogP) is 7.22. The second-order valence-corrected chi connectivity index (χ2v) is 10.7. The smallest absolute Gasteiger partial charge is 0.337 e. The molecule has 0 aliphatic carbocycles. The second kappa shape index (κ2) is 17.0. The average molecular weight is 345 g/mol. The Morgan fingerprint density at radius 2 is 0.826 bits per heavy atom. The zero-order chi connectivity index (χ0) is 17.2. The van der Waals surface area contributed by atoms with Crippen LogP contribution in [0.2, 0.25) is 12.1 Å². The van der Waals surface area contributed by atoms with Gasteiger partial charge >= 0.3 is 8.56 Å². The van der Waals surface area contributed by atoms with Crippen LogP contribution in [0.3, 0.4) is 0 Å². The minimum Gasteiger partial charge on any atom is -0.394 e. The molecule has 0 atom stereocenters. The largest absolute Gasteiger partial charge is 0.394 e. The number of unbranched alkanes of at least 4 members (excludes halogenated alkanes) is 10. The third kappa shape index (κ3) is 13.1. The maximum absolute atomic E-state index is 6.30. The van der Waals surface area contributed by atoms with Crippen molar-refractivity contribution in [2.24, 2.45) is 0 Å². The first-order chi connectivity index (χ1) is 11.2. The maximum Gasteiger partial charge on any atom is 0.337 e. The van der Waals surface area contributed by atoms with Crippen molar-refractivity contribution in [2.75, 3.05) is 13.2 Å². The van der Waals surface area contributed by atoms with E-state index in [-0.39, 0.29) is 0 Å². The Kier molecular flexibility index (Phi) is 17.1. The summed E-state index contributed by atoms with van der Waals surface area (Å²) in [7, 11) is -1.89. The molecule has 0 spiro atoms. The third-order valence-electron chi connectivity index (χ3n) is 4.80. The molecule has 0 aromatic rings. The van der Waals surface area contributed by atoms with E-state index in [4.69, 9.17) is 8.85 Å². The van der Waals surface area contributed by atoms with E-state index in [1.165, 1.54) is 77.0 Å². The third-order valence-corrected chi connectivity index (χ3v) is 8.42. The van der Waals surface area contributed by atoms with Gasteiger partial charge in [-0.05, 0) is 24.9 Å². The molecular formula is C20H44O2Si. The fraction of sp³-hybridized carbons (Fsp3) is 1.00. The Labute approximate surface area is 148 Å². The first-order valence-electron chi connectivity index (χ1n) is 10.5. The number of rotatable bonds is 18. The summed E-state index contributed by atoms with van der Waals surface area (Å²) in [4.78, 5) is 0. The normalized spacial score (nSPS) is 12.0. The van der Waals surface area contributed by atoms with Gasteiger partial charge in [0.15, 0.2) is 0 Å². The van der Waals surface area contributed by atoms with E-state index >= 15 is 0 Å². The van der Waals surface area contributed by atoms with Crippen LogP contribution in [0, 0.1) is 0 Å². The lowest BCUT2D eigenvalue weighted by Crippen LogP contribution is -2.41. The molecule has 0 bridgehead atoms. The van der Waals surface area contributed by atoms with E-state index in [1.54, 1.807) is 0 Å². The number of hydrogen-bond donors (Lipinski definition) is 0. The van der Waals surface area contributed by atoms with E-state index in [2.05, 4.69) is 27.7 Å². The van der Waals surface area contributed by atoms with Crippen molar-refractivity contribution in [1.29, 1.82) is 0 Å². The lowest BCUT2D eigenvalue weighted by Gasteiger charge is -2.29. The number of hydrogen-bond acceptors (Lipinski definition) is 2. The molecule has 0 aliphatic rings. The van der Waals surface area contributed by atoms with Crippen LogP contribution in [0.5, 0.6) is 0 Å². The Morgan fingerprint density at radius 1 is 0.478 bits per heavy atom. The van der Waals surface area contributed by atoms with Crippen LogP contribution >= 0.6 is 0 Å². The van der Waals surface area contributed by atoms with Gasteiger partial charge in [0, 0.05) is 13.2 Å². The Balaban J connectivity index is 3.69. The highest BCUT2D eigenvalue weighted by Crippen LogP contribution is 2.20. The fourth-order valence-corrected chi connectivity index (χ4v) is 5.41. The highest BCUT2D eigenvalue weighted by molar-refractivity contribution is 6.67. The summed E-state index contributed by atoms with van der Waals surface area (Å²) in [6, 6.07) is 2.18. The van der Waals surface area contributed by atoms with Crippen molar-refractivity contribution in [2.45, 2.75) is 117 Å². The van der Waals surface area contributed by atoms with Gasteiger partial charge in [-0.15, -0.1) is 0 Å². The quantitative estimate of drug-likeness (QED) is 0.193. The van der Waals surface area contributed by atoms with Crippen molar-refractivity contribution < 1.29 is 8.85 Å². The van der Waals surface area contributed by atoms with Crippen LogP contribution in [0.25, 0.3) is 0 Å². The van der Waals surface area contributed by atoms with Gasteiger partial charge in [0.05, 0.1) is 0 Å². The van der Waals surface area contributed by atoms with Crippen molar-refractivity contribution in [3.63, 3.8) is 0 Å². The van der Waals surface area contributed by atoms with E-state index in [1.807, 2.05) is 0 Å². The SMILES string of the molecule is CCCCCCCCCCO[Si](CC)(CC)OCCCCCC. The van der Waals surface area contributed by atoms with E-state index in [0.717, 1.165) is 25.3 Å². The summed E-state index contributed by atoms with van der Waals surface area (Å²) >= 11 is 0. The molecule has 0 unspecified atom stereocenters. The molecular weight excluding hydrogens is 300 g/mol. The lowest BCUT2D eigenvalue weighted by molar-refractivity contribution is 0.163. The summed E-state index contributed by atoms with van der Waals surface area (Å²) in [6.45, 7) is 10.8. The van der Waals surface area contributed by atoms with Crippen LogP contribution < -0.4 is 0 Å². The molecule has 3 heteroatoms. The summed E-state index contributed by atoms with van der Waals surface area (Å²) < 4.78 is 12.6. The zero-order valence-electron chi connectivity index (χ0n) is 16.6. The molecule has 0 N–H and O–H groups in total. The average Bonchev–Trinajstić information content (AvgIpc) is 2.58. The first-order valence-corrected chi connectivity index (χ1v) is 12.8. The van der Waals surface area contributed by atoms with Crippen molar-refractivity contribution in [1.82, 2.24) is 0 Å². The van der Waals surface area contributed by atoms with Gasteiger partial charge in [0.1, 0.15) is 0 Å². The molecule has 0 fully saturated rings. The Morgan fingerprint density at radius 3 is 1.22 bits per heavy atom. The molecule has 0 rings (SSSR count). The van der Waals surface area contributed by atoms with Crippen LogP contribution in [0.4, 0.5) is 0 Å². The van der Waals surface area contributed by atoms with Crippen molar-refractivity contribution in [3.05, 3.63) is 0 Å². The molecule has 0 aliphatic heterocycles. The van der Waals surface area contributed by atoms with Gasteiger partial charge in [-0.1, -0.05) is 91.9 Å².